The van der Waals surface area contributed by atoms with E-state index < -0.39 is 0 Å². The lowest BCUT2D eigenvalue weighted by atomic mass is 9.99. The van der Waals surface area contributed by atoms with Crippen LogP contribution in [0.1, 0.15) is 42.8 Å². The van der Waals surface area contributed by atoms with Crippen molar-refractivity contribution in [1.82, 2.24) is 9.55 Å². The van der Waals surface area contributed by atoms with Crippen LogP contribution in [0.25, 0.3) is 0 Å². The monoisotopic (exact) mass is 233 g/mol. The number of aryl methyl sites for hydroxylation is 1. The highest BCUT2D eigenvalue weighted by Gasteiger charge is 2.26. The highest BCUT2D eigenvalue weighted by molar-refractivity contribution is 5.19. The molecule has 17 heavy (non-hydrogen) atoms. The van der Waals surface area contributed by atoms with Crippen LogP contribution in [0.3, 0.4) is 0 Å². The Morgan fingerprint density at radius 1 is 1.29 bits per heavy atom. The summed E-state index contributed by atoms with van der Waals surface area (Å²) in [5.74, 6) is 0.715. The number of nitrogens with zero attached hydrogens (tertiary/aromatic N) is 2. The summed E-state index contributed by atoms with van der Waals surface area (Å²) >= 11 is 0. The lowest BCUT2D eigenvalue weighted by Gasteiger charge is -2.21. The normalized spacial score (nSPS) is 19.1. The molecule has 0 spiro atoms. The van der Waals surface area contributed by atoms with Crippen molar-refractivity contribution in [3.63, 3.8) is 0 Å². The van der Waals surface area contributed by atoms with E-state index >= 15 is 0 Å². The Labute approximate surface area is 101 Å². The van der Waals surface area contributed by atoms with Gasteiger partial charge in [-0.15, -0.1) is 0 Å². The Morgan fingerprint density at radius 2 is 2.06 bits per heavy atom. The Bertz CT molecular complexity index is 488. The van der Waals surface area contributed by atoms with E-state index in [0.29, 0.717) is 11.6 Å². The molecule has 2 aliphatic rings. The van der Waals surface area contributed by atoms with Crippen LogP contribution in [0.4, 0.5) is 0 Å². The lowest BCUT2D eigenvalue weighted by Crippen LogP contribution is -2.33. The largest absolute Gasteiger partial charge is 0.325 e. The van der Waals surface area contributed by atoms with Gasteiger partial charge in [0.1, 0.15) is 5.69 Å². The summed E-state index contributed by atoms with van der Waals surface area (Å²) in [6.45, 7) is 1.15. The van der Waals surface area contributed by atoms with E-state index in [-0.39, 0.29) is 12.1 Å². The van der Waals surface area contributed by atoms with Crippen LogP contribution in [-0.4, -0.2) is 9.55 Å². The Hall–Kier alpha value is -1.16. The van der Waals surface area contributed by atoms with Gasteiger partial charge in [-0.1, -0.05) is 0 Å². The van der Waals surface area contributed by atoms with Crippen LogP contribution >= 0.6 is 0 Å². The van der Waals surface area contributed by atoms with Crippen molar-refractivity contribution in [2.24, 2.45) is 11.7 Å². The molecule has 1 saturated carbocycles. The Balaban J connectivity index is 2.10. The van der Waals surface area contributed by atoms with Gasteiger partial charge in [-0.2, -0.15) is 0 Å². The second-order valence-electron chi connectivity index (χ2n) is 5.22. The fourth-order valence-corrected chi connectivity index (χ4v) is 2.66. The molecule has 2 aliphatic carbocycles. The maximum Gasteiger partial charge on any atom is 0.273 e. The first-order valence-electron chi connectivity index (χ1n) is 6.61. The smallest absolute Gasteiger partial charge is 0.273 e. The highest BCUT2D eigenvalue weighted by Crippen LogP contribution is 2.31. The fraction of sp³-hybridized carbons (Fsp3) is 0.692. The number of hydrogen-bond acceptors (Lipinski definition) is 3. The average molecular weight is 233 g/mol. The first-order chi connectivity index (χ1) is 8.29. The van der Waals surface area contributed by atoms with E-state index in [0.717, 1.165) is 25.1 Å². The Morgan fingerprint density at radius 3 is 2.76 bits per heavy atom. The molecule has 4 nitrogen and oxygen atoms in total. The average Bonchev–Trinajstić information content (AvgIpc) is 3.16. The fourth-order valence-electron chi connectivity index (χ4n) is 2.66. The minimum Gasteiger partial charge on any atom is -0.325 e. The lowest BCUT2D eigenvalue weighted by molar-refractivity contribution is 0.523. The molecule has 1 aromatic rings. The molecule has 2 N–H and O–H groups in total. The first-order valence-corrected chi connectivity index (χ1v) is 6.61. The van der Waals surface area contributed by atoms with Crippen molar-refractivity contribution in [3.05, 3.63) is 27.4 Å². The summed E-state index contributed by atoms with van der Waals surface area (Å²) in [6.07, 6.45) is 6.91. The molecule has 1 fully saturated rings. The molecule has 4 heteroatoms. The molecule has 0 unspecified atom stereocenters. The molecule has 1 aromatic heterocycles. The molecule has 0 saturated heterocycles. The standard InChI is InChI=1S/C13H19N3O/c14-7-11-13(17)16(8-9-5-6-9)12-4-2-1-3-10(12)15-11/h9H,1-8,14H2. The van der Waals surface area contributed by atoms with Crippen LogP contribution in [0.15, 0.2) is 4.79 Å². The van der Waals surface area contributed by atoms with Crippen LogP contribution in [0, 0.1) is 5.92 Å². The number of hydrogen-bond donors (Lipinski definition) is 1. The van der Waals surface area contributed by atoms with Crippen LogP contribution in [0.2, 0.25) is 0 Å². The van der Waals surface area contributed by atoms with Crippen molar-refractivity contribution in [1.29, 1.82) is 0 Å². The zero-order valence-electron chi connectivity index (χ0n) is 10.1. The second-order valence-corrected chi connectivity index (χ2v) is 5.22. The highest BCUT2D eigenvalue weighted by atomic mass is 16.1. The second kappa shape index (κ2) is 4.26. The third-order valence-corrected chi connectivity index (χ3v) is 3.83. The third-order valence-electron chi connectivity index (χ3n) is 3.83. The topological polar surface area (TPSA) is 60.9 Å². The van der Waals surface area contributed by atoms with Gasteiger partial charge in [0.05, 0.1) is 5.69 Å². The summed E-state index contributed by atoms with van der Waals surface area (Å²) in [6, 6.07) is 0. The van der Waals surface area contributed by atoms with Gasteiger partial charge in [0.2, 0.25) is 0 Å². The van der Waals surface area contributed by atoms with Crippen LogP contribution < -0.4 is 11.3 Å². The van der Waals surface area contributed by atoms with E-state index in [1.54, 1.807) is 0 Å². The van der Waals surface area contributed by atoms with Crippen LogP contribution in [-0.2, 0) is 25.9 Å². The van der Waals surface area contributed by atoms with Gasteiger partial charge in [-0.25, -0.2) is 4.98 Å². The molecule has 0 bridgehead atoms. The van der Waals surface area contributed by atoms with Gasteiger partial charge in [-0.05, 0) is 44.4 Å². The molecular weight excluding hydrogens is 214 g/mol. The number of nitrogens with two attached hydrogens (primary N) is 1. The van der Waals surface area contributed by atoms with E-state index in [1.165, 1.54) is 31.4 Å². The maximum atomic E-state index is 12.3. The number of rotatable bonds is 3. The molecule has 3 rings (SSSR count). The summed E-state index contributed by atoms with van der Waals surface area (Å²) in [7, 11) is 0. The van der Waals surface area contributed by atoms with Gasteiger partial charge in [0, 0.05) is 18.8 Å². The summed E-state index contributed by atoms with van der Waals surface area (Å²) in [5.41, 5.74) is 8.53. The number of aromatic nitrogens is 2. The van der Waals surface area contributed by atoms with E-state index in [9.17, 15) is 4.79 Å². The molecule has 0 amide bonds. The molecule has 0 atom stereocenters. The van der Waals surface area contributed by atoms with Gasteiger partial charge < -0.3 is 10.3 Å². The molecular formula is C13H19N3O. The predicted octanol–water partition coefficient (Wildman–Crippen LogP) is 0.991. The Kier molecular flexibility index (Phi) is 2.74. The third kappa shape index (κ3) is 2.02. The van der Waals surface area contributed by atoms with Crippen LogP contribution in [0.5, 0.6) is 0 Å². The first kappa shape index (κ1) is 11.0. The van der Waals surface area contributed by atoms with Gasteiger partial charge in [0.25, 0.3) is 5.56 Å². The minimum absolute atomic E-state index is 0.0556. The zero-order valence-corrected chi connectivity index (χ0v) is 10.1. The van der Waals surface area contributed by atoms with Crippen molar-refractivity contribution in [3.8, 4) is 0 Å². The summed E-state index contributed by atoms with van der Waals surface area (Å²) in [4.78, 5) is 16.7. The molecule has 1 heterocycles. The SMILES string of the molecule is NCc1nc2c(n(CC3CC3)c1=O)CCCC2. The van der Waals surface area contributed by atoms with E-state index in [2.05, 4.69) is 4.98 Å². The predicted molar refractivity (Wildman–Crippen MR) is 65.8 cm³/mol. The summed E-state index contributed by atoms with van der Waals surface area (Å²) in [5, 5.41) is 0. The van der Waals surface area contributed by atoms with Gasteiger partial charge in [-0.3, -0.25) is 4.79 Å². The maximum absolute atomic E-state index is 12.3. The minimum atomic E-state index is 0.0556. The summed E-state index contributed by atoms with van der Waals surface area (Å²) < 4.78 is 1.97. The van der Waals surface area contributed by atoms with Crippen molar-refractivity contribution in [2.45, 2.75) is 51.6 Å². The molecule has 92 valence electrons. The van der Waals surface area contributed by atoms with Gasteiger partial charge in [0.15, 0.2) is 0 Å². The quantitative estimate of drug-likeness (QED) is 0.847. The van der Waals surface area contributed by atoms with Crippen molar-refractivity contribution in [2.75, 3.05) is 0 Å². The van der Waals surface area contributed by atoms with E-state index in [4.69, 9.17) is 5.73 Å². The zero-order chi connectivity index (χ0) is 11.8. The van der Waals surface area contributed by atoms with Crippen molar-refractivity contribution >= 4 is 0 Å². The van der Waals surface area contributed by atoms with Crippen molar-refractivity contribution < 1.29 is 0 Å². The van der Waals surface area contributed by atoms with E-state index in [1.807, 2.05) is 4.57 Å². The molecule has 0 aromatic carbocycles. The number of fused-ring (bicyclic) bond motifs is 1. The molecule has 0 aliphatic heterocycles. The molecule has 0 radical (unpaired) electrons. The van der Waals surface area contributed by atoms with Gasteiger partial charge >= 0.3 is 0 Å².